The molecule has 2 amide bonds. The van der Waals surface area contributed by atoms with Gasteiger partial charge in [-0.1, -0.05) is 49.0 Å². The number of hydrogen-bond acceptors (Lipinski definition) is 4. The summed E-state index contributed by atoms with van der Waals surface area (Å²) >= 11 is 0. The summed E-state index contributed by atoms with van der Waals surface area (Å²) in [5.74, 6) is -1.27. The van der Waals surface area contributed by atoms with Crippen molar-refractivity contribution in [2.45, 2.75) is 0 Å². The zero-order chi connectivity index (χ0) is 19.1. The van der Waals surface area contributed by atoms with E-state index >= 15 is 0 Å². The van der Waals surface area contributed by atoms with Crippen molar-refractivity contribution in [3.8, 4) is 5.69 Å². The molecule has 0 saturated carbocycles. The van der Waals surface area contributed by atoms with Gasteiger partial charge in [0.15, 0.2) is 0 Å². The quantitative estimate of drug-likeness (QED) is 0.704. The Hall–Kier alpha value is -3.93. The lowest BCUT2D eigenvalue weighted by molar-refractivity contribution is 0.0880. The maximum atomic E-state index is 12.5. The Labute approximate surface area is 154 Å². The number of carbonyl (C=O) groups excluding carboxylic acids is 2. The first kappa shape index (κ1) is 16.5. The van der Waals surface area contributed by atoms with Crippen molar-refractivity contribution in [1.82, 2.24) is 9.88 Å². The molecule has 0 aliphatic carbocycles. The molecule has 1 aliphatic heterocycles. The van der Waals surface area contributed by atoms with Crippen molar-refractivity contribution in [2.75, 3.05) is 5.73 Å². The van der Waals surface area contributed by atoms with Crippen molar-refractivity contribution in [3.05, 3.63) is 99.9 Å². The second kappa shape index (κ2) is 6.10. The Bertz CT molecular complexity index is 1160. The number of nitrogens with zero attached hydrogens (tertiary/aromatic N) is 1. The van der Waals surface area contributed by atoms with Crippen LogP contribution in [0.25, 0.3) is 11.3 Å². The van der Waals surface area contributed by atoms with Crippen LogP contribution < -0.4 is 16.6 Å². The third-order valence-electron chi connectivity index (χ3n) is 4.55. The number of fused-ring (bicyclic) bond motifs is 1. The van der Waals surface area contributed by atoms with Crippen LogP contribution in [0, 0.1) is 0 Å². The van der Waals surface area contributed by atoms with Crippen LogP contribution >= 0.6 is 0 Å². The maximum absolute atomic E-state index is 12.5. The number of nitrogen functional groups attached to an aromatic ring is 1. The Balaban J connectivity index is 1.77. The predicted octanol–water partition coefficient (Wildman–Crippen LogP) is 2.36. The summed E-state index contributed by atoms with van der Waals surface area (Å²) in [5.41, 5.74) is 8.83. The number of amides is 2. The molecule has 2 heterocycles. The number of nitrogens with two attached hydrogens (primary N) is 1. The van der Waals surface area contributed by atoms with E-state index in [4.69, 9.17) is 5.73 Å². The fraction of sp³-hybridized carbons (Fsp3) is 0. The summed E-state index contributed by atoms with van der Waals surface area (Å²) in [6, 6.07) is 18.0. The zero-order valence-electron chi connectivity index (χ0n) is 14.2. The van der Waals surface area contributed by atoms with Gasteiger partial charge in [-0.15, -0.1) is 0 Å². The average Bonchev–Trinajstić information content (AvgIpc) is 2.96. The van der Waals surface area contributed by atoms with E-state index in [9.17, 15) is 14.4 Å². The molecule has 0 unspecified atom stereocenters. The number of benzene rings is 2. The number of rotatable bonds is 3. The van der Waals surface area contributed by atoms with Crippen LogP contribution in [0.5, 0.6) is 0 Å². The number of imide groups is 1. The van der Waals surface area contributed by atoms with Gasteiger partial charge in [-0.25, -0.2) is 0 Å². The van der Waals surface area contributed by atoms with Crippen LogP contribution in [0.1, 0.15) is 31.8 Å². The average molecular weight is 357 g/mol. The van der Waals surface area contributed by atoms with Gasteiger partial charge in [0, 0.05) is 6.07 Å². The van der Waals surface area contributed by atoms with E-state index in [0.717, 1.165) is 22.8 Å². The highest BCUT2D eigenvalue weighted by Crippen LogP contribution is 2.25. The monoisotopic (exact) mass is 357 g/mol. The number of carbonyl (C=O) groups is 2. The number of aromatic nitrogens is 1. The van der Waals surface area contributed by atoms with Gasteiger partial charge in [0.2, 0.25) is 0 Å². The summed E-state index contributed by atoms with van der Waals surface area (Å²) in [6.45, 7) is 4.11. The molecule has 0 saturated heterocycles. The Kier molecular flexibility index (Phi) is 3.74. The Morgan fingerprint density at radius 2 is 1.52 bits per heavy atom. The van der Waals surface area contributed by atoms with E-state index in [1.54, 1.807) is 12.1 Å². The molecular formula is C21H15N3O3. The number of anilines is 1. The highest BCUT2D eigenvalue weighted by atomic mass is 16.2. The van der Waals surface area contributed by atoms with Gasteiger partial charge in [-0.3, -0.25) is 24.3 Å². The van der Waals surface area contributed by atoms with E-state index in [0.29, 0.717) is 5.69 Å². The van der Waals surface area contributed by atoms with Crippen LogP contribution in [0.3, 0.4) is 0 Å². The molecule has 27 heavy (non-hydrogen) atoms. The summed E-state index contributed by atoms with van der Waals surface area (Å²) in [7, 11) is 0. The van der Waals surface area contributed by atoms with E-state index < -0.39 is 17.4 Å². The SMILES string of the molecule is C=C(c1ccccc1)c1ccc(-n2c(N)c3c(cc2=O)C(=O)NC3=O)cc1. The minimum Gasteiger partial charge on any atom is -0.384 e. The molecule has 0 bridgehead atoms. The van der Waals surface area contributed by atoms with E-state index in [-0.39, 0.29) is 16.9 Å². The van der Waals surface area contributed by atoms with Crippen molar-refractivity contribution >= 4 is 23.2 Å². The second-order valence-corrected chi connectivity index (χ2v) is 6.17. The number of hydrogen-bond donors (Lipinski definition) is 2. The van der Waals surface area contributed by atoms with Gasteiger partial charge in [0.05, 0.1) is 16.8 Å². The van der Waals surface area contributed by atoms with Crippen molar-refractivity contribution in [3.63, 3.8) is 0 Å². The molecule has 2 aromatic carbocycles. The van der Waals surface area contributed by atoms with Crippen LogP contribution in [0.15, 0.2) is 72.0 Å². The van der Waals surface area contributed by atoms with Crippen molar-refractivity contribution < 1.29 is 9.59 Å². The third-order valence-corrected chi connectivity index (χ3v) is 4.55. The molecule has 3 aromatic rings. The normalized spacial score (nSPS) is 12.6. The Morgan fingerprint density at radius 1 is 0.889 bits per heavy atom. The molecule has 1 aromatic heterocycles. The van der Waals surface area contributed by atoms with Gasteiger partial charge in [-0.05, 0) is 28.8 Å². The highest BCUT2D eigenvalue weighted by Gasteiger charge is 2.31. The van der Waals surface area contributed by atoms with E-state index in [1.807, 2.05) is 42.5 Å². The lowest BCUT2D eigenvalue weighted by atomic mass is 9.99. The summed E-state index contributed by atoms with van der Waals surface area (Å²) in [6.07, 6.45) is 0. The molecule has 4 rings (SSSR count). The molecule has 0 fully saturated rings. The van der Waals surface area contributed by atoms with Crippen molar-refractivity contribution in [1.29, 1.82) is 0 Å². The minimum absolute atomic E-state index is 0.00725. The van der Waals surface area contributed by atoms with Gasteiger partial charge >= 0.3 is 0 Å². The molecule has 0 radical (unpaired) electrons. The molecule has 6 heteroatoms. The largest absolute Gasteiger partial charge is 0.384 e. The lowest BCUT2D eigenvalue weighted by Crippen LogP contribution is -2.24. The van der Waals surface area contributed by atoms with Crippen molar-refractivity contribution in [2.24, 2.45) is 0 Å². The molecule has 3 N–H and O–H groups in total. The third kappa shape index (κ3) is 2.64. The Morgan fingerprint density at radius 3 is 2.19 bits per heavy atom. The maximum Gasteiger partial charge on any atom is 0.262 e. The molecule has 0 atom stereocenters. The molecule has 6 nitrogen and oxygen atoms in total. The molecule has 0 spiro atoms. The summed E-state index contributed by atoms with van der Waals surface area (Å²) < 4.78 is 1.21. The van der Waals surface area contributed by atoms with Gasteiger partial charge in [0.1, 0.15) is 5.82 Å². The van der Waals surface area contributed by atoms with Gasteiger partial charge < -0.3 is 5.73 Å². The van der Waals surface area contributed by atoms with Crippen LogP contribution in [0.2, 0.25) is 0 Å². The zero-order valence-corrected chi connectivity index (χ0v) is 14.2. The fourth-order valence-electron chi connectivity index (χ4n) is 3.16. The first-order valence-electron chi connectivity index (χ1n) is 8.23. The first-order valence-corrected chi connectivity index (χ1v) is 8.23. The summed E-state index contributed by atoms with van der Waals surface area (Å²) in [5, 5.41) is 2.15. The summed E-state index contributed by atoms with van der Waals surface area (Å²) in [4.78, 5) is 36.2. The van der Waals surface area contributed by atoms with Crippen LogP contribution in [-0.4, -0.2) is 16.4 Å². The first-order chi connectivity index (χ1) is 13.0. The van der Waals surface area contributed by atoms with Gasteiger partial charge in [0.25, 0.3) is 17.4 Å². The molecule has 132 valence electrons. The highest BCUT2D eigenvalue weighted by molar-refractivity contribution is 6.23. The second-order valence-electron chi connectivity index (χ2n) is 6.17. The van der Waals surface area contributed by atoms with Crippen LogP contribution in [0.4, 0.5) is 5.82 Å². The van der Waals surface area contributed by atoms with E-state index in [1.165, 1.54) is 4.57 Å². The minimum atomic E-state index is -0.611. The standard InChI is InChI=1S/C21H15N3O3/c1-12(13-5-3-2-4-6-13)14-7-9-15(10-8-14)24-17(25)11-16-18(19(24)22)21(27)23-20(16)26/h2-11H,1,22H2,(H,23,26,27). The fourth-order valence-corrected chi connectivity index (χ4v) is 3.16. The predicted molar refractivity (Wildman–Crippen MR) is 103 cm³/mol. The smallest absolute Gasteiger partial charge is 0.262 e. The molecule has 1 aliphatic rings. The van der Waals surface area contributed by atoms with E-state index in [2.05, 4.69) is 11.9 Å². The van der Waals surface area contributed by atoms with Gasteiger partial charge in [-0.2, -0.15) is 0 Å². The number of pyridine rings is 1. The topological polar surface area (TPSA) is 94.2 Å². The van der Waals surface area contributed by atoms with Crippen LogP contribution in [-0.2, 0) is 0 Å². The number of nitrogens with one attached hydrogen (secondary N) is 1. The lowest BCUT2D eigenvalue weighted by Gasteiger charge is -2.13. The molecular weight excluding hydrogens is 342 g/mol.